The van der Waals surface area contributed by atoms with Gasteiger partial charge >= 0.3 is 0 Å². The van der Waals surface area contributed by atoms with Gasteiger partial charge in [-0.1, -0.05) is 37.1 Å². The summed E-state index contributed by atoms with van der Waals surface area (Å²) in [6.45, 7) is 2.12. The maximum Gasteiger partial charge on any atom is 0.257 e. The van der Waals surface area contributed by atoms with Gasteiger partial charge in [-0.15, -0.1) is 0 Å². The zero-order valence-corrected chi connectivity index (χ0v) is 11.9. The van der Waals surface area contributed by atoms with Crippen molar-refractivity contribution >= 4 is 23.2 Å². The van der Waals surface area contributed by atoms with Gasteiger partial charge in [0.05, 0.1) is 10.6 Å². The molecule has 0 aliphatic carbocycles. The zero-order chi connectivity index (χ0) is 14.5. The molecule has 0 radical (unpaired) electrons. The van der Waals surface area contributed by atoms with Crippen LogP contribution < -0.4 is 5.32 Å². The number of nitrogens with one attached hydrogen (secondary N) is 1. The lowest BCUT2D eigenvalue weighted by molar-refractivity contribution is 0.102. The molecule has 2 aromatic carbocycles. The number of benzene rings is 2. The number of rotatable bonds is 4. The van der Waals surface area contributed by atoms with Gasteiger partial charge in [0.25, 0.3) is 5.91 Å². The van der Waals surface area contributed by atoms with Crippen LogP contribution in [0.25, 0.3) is 0 Å². The van der Waals surface area contributed by atoms with Gasteiger partial charge in [-0.3, -0.25) is 4.79 Å². The van der Waals surface area contributed by atoms with E-state index >= 15 is 0 Å². The summed E-state index contributed by atoms with van der Waals surface area (Å²) < 4.78 is 12.9. The third-order valence-corrected chi connectivity index (χ3v) is 3.24. The predicted molar refractivity (Wildman–Crippen MR) is 79.8 cm³/mol. The number of amides is 1. The fourth-order valence-corrected chi connectivity index (χ4v) is 2.17. The summed E-state index contributed by atoms with van der Waals surface area (Å²) in [7, 11) is 0. The second-order valence-electron chi connectivity index (χ2n) is 4.53. The topological polar surface area (TPSA) is 29.1 Å². The molecule has 104 valence electrons. The summed E-state index contributed by atoms with van der Waals surface area (Å²) in [5, 5.41) is 2.84. The van der Waals surface area contributed by atoms with E-state index in [0.29, 0.717) is 5.69 Å². The van der Waals surface area contributed by atoms with E-state index in [1.54, 1.807) is 0 Å². The largest absolute Gasteiger partial charge is 0.322 e. The number of carbonyl (C=O) groups is 1. The van der Waals surface area contributed by atoms with Crippen molar-refractivity contribution in [1.29, 1.82) is 0 Å². The average molecular weight is 292 g/mol. The molecule has 0 saturated carbocycles. The highest BCUT2D eigenvalue weighted by Crippen LogP contribution is 2.19. The Hall–Kier alpha value is -1.87. The van der Waals surface area contributed by atoms with Crippen molar-refractivity contribution in [3.05, 3.63) is 64.4 Å². The van der Waals surface area contributed by atoms with Crippen LogP contribution in [0.1, 0.15) is 29.3 Å². The summed E-state index contributed by atoms with van der Waals surface area (Å²) in [5.74, 6) is -0.811. The summed E-state index contributed by atoms with van der Waals surface area (Å²) >= 11 is 5.86. The minimum atomic E-state index is -0.463. The average Bonchev–Trinajstić information content (AvgIpc) is 2.41. The number of aryl methyl sites for hydroxylation is 1. The predicted octanol–water partition coefficient (Wildman–Crippen LogP) is 4.68. The van der Waals surface area contributed by atoms with E-state index in [0.717, 1.165) is 18.9 Å². The molecular weight excluding hydrogens is 277 g/mol. The number of anilines is 1. The molecule has 0 atom stereocenters. The highest BCUT2D eigenvalue weighted by molar-refractivity contribution is 6.34. The standard InChI is InChI=1S/C16H15ClFNO/c1-2-3-11-4-7-13(8-5-11)19-16(20)14-9-6-12(18)10-15(14)17/h4-10H,2-3H2,1H3,(H,19,20). The Morgan fingerprint density at radius 2 is 1.90 bits per heavy atom. The maximum absolute atomic E-state index is 12.9. The first-order valence-electron chi connectivity index (χ1n) is 6.45. The lowest BCUT2D eigenvalue weighted by atomic mass is 10.1. The van der Waals surface area contributed by atoms with Gasteiger partial charge in [-0.05, 0) is 42.3 Å². The van der Waals surface area contributed by atoms with Crippen molar-refractivity contribution in [2.24, 2.45) is 0 Å². The highest BCUT2D eigenvalue weighted by atomic mass is 35.5. The molecule has 0 bridgehead atoms. The summed E-state index contributed by atoms with van der Waals surface area (Å²) in [5.41, 5.74) is 2.17. The summed E-state index contributed by atoms with van der Waals surface area (Å²) in [6.07, 6.45) is 2.09. The summed E-state index contributed by atoms with van der Waals surface area (Å²) in [6, 6.07) is 11.4. The molecule has 20 heavy (non-hydrogen) atoms. The molecule has 0 aliphatic rings. The Morgan fingerprint density at radius 3 is 2.50 bits per heavy atom. The van der Waals surface area contributed by atoms with Gasteiger partial charge in [0, 0.05) is 5.69 Å². The second kappa shape index (κ2) is 6.53. The first kappa shape index (κ1) is 14.5. The van der Waals surface area contributed by atoms with Crippen LogP contribution in [0.3, 0.4) is 0 Å². The number of carbonyl (C=O) groups excluding carboxylic acids is 1. The Kier molecular flexibility index (Phi) is 4.74. The fraction of sp³-hybridized carbons (Fsp3) is 0.188. The van der Waals surface area contributed by atoms with Crippen molar-refractivity contribution in [1.82, 2.24) is 0 Å². The quantitative estimate of drug-likeness (QED) is 0.870. The third kappa shape index (κ3) is 3.58. The van der Waals surface area contributed by atoms with E-state index in [2.05, 4.69) is 12.2 Å². The van der Waals surface area contributed by atoms with E-state index in [-0.39, 0.29) is 16.5 Å². The van der Waals surface area contributed by atoms with Crippen LogP contribution in [0.15, 0.2) is 42.5 Å². The van der Waals surface area contributed by atoms with E-state index in [1.165, 1.54) is 17.7 Å². The van der Waals surface area contributed by atoms with Crippen LogP contribution in [-0.4, -0.2) is 5.91 Å². The Morgan fingerprint density at radius 1 is 1.20 bits per heavy atom. The second-order valence-corrected chi connectivity index (χ2v) is 4.93. The number of halogens is 2. The minimum Gasteiger partial charge on any atom is -0.322 e. The number of hydrogen-bond acceptors (Lipinski definition) is 1. The van der Waals surface area contributed by atoms with Crippen molar-refractivity contribution in [2.45, 2.75) is 19.8 Å². The molecule has 0 aliphatic heterocycles. The van der Waals surface area contributed by atoms with Crippen LogP contribution >= 0.6 is 11.6 Å². The van der Waals surface area contributed by atoms with Crippen molar-refractivity contribution in [2.75, 3.05) is 5.32 Å². The lowest BCUT2D eigenvalue weighted by Gasteiger charge is -2.07. The molecule has 0 heterocycles. The van der Waals surface area contributed by atoms with Crippen LogP contribution in [0, 0.1) is 5.82 Å². The molecule has 2 nitrogen and oxygen atoms in total. The molecule has 0 aromatic heterocycles. The van der Waals surface area contributed by atoms with Gasteiger partial charge in [0.1, 0.15) is 5.82 Å². The highest BCUT2D eigenvalue weighted by Gasteiger charge is 2.11. The SMILES string of the molecule is CCCc1ccc(NC(=O)c2ccc(F)cc2Cl)cc1. The van der Waals surface area contributed by atoms with E-state index in [9.17, 15) is 9.18 Å². The summed E-state index contributed by atoms with van der Waals surface area (Å²) in [4.78, 5) is 12.0. The van der Waals surface area contributed by atoms with Gasteiger partial charge < -0.3 is 5.32 Å². The van der Waals surface area contributed by atoms with Crippen LogP contribution in [-0.2, 0) is 6.42 Å². The van der Waals surface area contributed by atoms with E-state index in [1.807, 2.05) is 24.3 Å². The van der Waals surface area contributed by atoms with E-state index in [4.69, 9.17) is 11.6 Å². The van der Waals surface area contributed by atoms with Gasteiger partial charge in [0.15, 0.2) is 0 Å². The molecule has 0 spiro atoms. The van der Waals surface area contributed by atoms with Crippen LogP contribution in [0.5, 0.6) is 0 Å². The fourth-order valence-electron chi connectivity index (χ4n) is 1.92. The van der Waals surface area contributed by atoms with Crippen molar-refractivity contribution in [3.63, 3.8) is 0 Å². The zero-order valence-electron chi connectivity index (χ0n) is 11.1. The lowest BCUT2D eigenvalue weighted by Crippen LogP contribution is -2.12. The van der Waals surface area contributed by atoms with Gasteiger partial charge in [-0.25, -0.2) is 4.39 Å². The monoisotopic (exact) mass is 291 g/mol. The molecule has 2 rings (SSSR count). The Labute approximate surface area is 122 Å². The van der Waals surface area contributed by atoms with Crippen LogP contribution in [0.4, 0.5) is 10.1 Å². The molecule has 4 heteroatoms. The molecule has 1 N–H and O–H groups in total. The smallest absolute Gasteiger partial charge is 0.257 e. The Bertz CT molecular complexity index is 610. The minimum absolute atomic E-state index is 0.102. The normalized spacial score (nSPS) is 10.3. The molecular formula is C16H15ClFNO. The van der Waals surface area contributed by atoms with E-state index < -0.39 is 5.82 Å². The molecule has 0 unspecified atom stereocenters. The number of hydrogen-bond donors (Lipinski definition) is 1. The first-order valence-corrected chi connectivity index (χ1v) is 6.83. The molecule has 1 amide bonds. The third-order valence-electron chi connectivity index (χ3n) is 2.93. The molecule has 2 aromatic rings. The molecule has 0 fully saturated rings. The van der Waals surface area contributed by atoms with Crippen molar-refractivity contribution in [3.8, 4) is 0 Å². The maximum atomic E-state index is 12.9. The first-order chi connectivity index (χ1) is 9.60. The Balaban J connectivity index is 2.11. The molecule has 0 saturated heterocycles. The van der Waals surface area contributed by atoms with Gasteiger partial charge in [-0.2, -0.15) is 0 Å². The van der Waals surface area contributed by atoms with Gasteiger partial charge in [0.2, 0.25) is 0 Å². The van der Waals surface area contributed by atoms with Crippen molar-refractivity contribution < 1.29 is 9.18 Å². The van der Waals surface area contributed by atoms with Crippen LogP contribution in [0.2, 0.25) is 5.02 Å².